The molecule has 126 valence electrons. The van der Waals surface area contributed by atoms with Crippen LogP contribution in [0.4, 0.5) is 0 Å². The topological polar surface area (TPSA) is 71.7 Å². The van der Waals surface area contributed by atoms with Crippen LogP contribution in [-0.2, 0) is 0 Å². The summed E-state index contributed by atoms with van der Waals surface area (Å²) in [5.41, 5.74) is 3.85. The van der Waals surface area contributed by atoms with Crippen molar-refractivity contribution < 1.29 is 9.69 Å². The summed E-state index contributed by atoms with van der Waals surface area (Å²) in [5.74, 6) is -0.454. The summed E-state index contributed by atoms with van der Waals surface area (Å²) in [6, 6.07) is 10.9. The predicted molar refractivity (Wildman–Crippen MR) is 90.2 cm³/mol. The second kappa shape index (κ2) is 6.94. The second-order valence-electron chi connectivity index (χ2n) is 6.13. The number of aryl methyl sites for hydroxylation is 1. The van der Waals surface area contributed by atoms with Crippen molar-refractivity contribution in [1.82, 2.24) is 20.2 Å². The number of rotatable bonds is 3. The molecule has 2 N–H and O–H groups in total. The molecule has 0 bridgehead atoms. The maximum absolute atomic E-state index is 12.5. The minimum absolute atomic E-state index is 0.0873. The first-order valence-corrected chi connectivity index (χ1v) is 8.08. The summed E-state index contributed by atoms with van der Waals surface area (Å²) in [4.78, 5) is 26.1. The Morgan fingerprint density at radius 3 is 2.54 bits per heavy atom. The first kappa shape index (κ1) is 16.4. The highest BCUT2D eigenvalue weighted by molar-refractivity contribution is 5.91. The van der Waals surface area contributed by atoms with Gasteiger partial charge in [-0.25, -0.2) is 9.69 Å². The molecule has 1 fully saturated rings. The van der Waals surface area contributed by atoms with Crippen LogP contribution in [0.1, 0.15) is 16.2 Å². The number of likely N-dealkylation sites (N-methyl/N-ethyl adjacent to an activating group) is 1. The fourth-order valence-electron chi connectivity index (χ4n) is 2.73. The van der Waals surface area contributed by atoms with Gasteiger partial charge in [0.1, 0.15) is 0 Å². The number of amides is 1. The van der Waals surface area contributed by atoms with Gasteiger partial charge in [-0.05, 0) is 19.1 Å². The molecule has 0 radical (unpaired) electrons. The van der Waals surface area contributed by atoms with Gasteiger partial charge in [-0.2, -0.15) is 5.10 Å². The van der Waals surface area contributed by atoms with Crippen LogP contribution in [0.25, 0.3) is 5.69 Å². The summed E-state index contributed by atoms with van der Waals surface area (Å²) in [6.07, 6.45) is 0. The van der Waals surface area contributed by atoms with E-state index in [0.717, 1.165) is 31.9 Å². The van der Waals surface area contributed by atoms with Gasteiger partial charge in [0.25, 0.3) is 5.91 Å². The van der Waals surface area contributed by atoms with E-state index >= 15 is 0 Å². The van der Waals surface area contributed by atoms with Crippen molar-refractivity contribution in [2.75, 3.05) is 33.2 Å². The van der Waals surface area contributed by atoms with Crippen LogP contribution in [0.15, 0.2) is 41.2 Å². The SMILES string of the molecule is Cc1cc(=O)c(C(=O)NN2CC[NH+](C)CC2)nn1-c1ccccc1. The molecule has 1 saturated heterocycles. The lowest BCUT2D eigenvalue weighted by Crippen LogP contribution is -3.12. The monoisotopic (exact) mass is 328 g/mol. The van der Waals surface area contributed by atoms with Gasteiger partial charge in [0.15, 0.2) is 5.69 Å². The summed E-state index contributed by atoms with van der Waals surface area (Å²) < 4.78 is 1.62. The van der Waals surface area contributed by atoms with Crippen LogP contribution in [0, 0.1) is 6.92 Å². The maximum Gasteiger partial charge on any atom is 0.290 e. The molecule has 3 rings (SSSR count). The molecular formula is C17H22N5O2+. The minimum Gasteiger partial charge on any atom is -0.335 e. The van der Waals surface area contributed by atoms with Crippen molar-refractivity contribution in [1.29, 1.82) is 0 Å². The lowest BCUT2D eigenvalue weighted by Gasteiger charge is -2.29. The number of carbonyl (C=O) groups is 1. The smallest absolute Gasteiger partial charge is 0.290 e. The van der Waals surface area contributed by atoms with Crippen molar-refractivity contribution in [3.05, 3.63) is 58.0 Å². The van der Waals surface area contributed by atoms with Crippen LogP contribution in [0.2, 0.25) is 0 Å². The van der Waals surface area contributed by atoms with Crippen molar-refractivity contribution in [2.45, 2.75) is 6.92 Å². The highest BCUT2D eigenvalue weighted by Gasteiger charge is 2.21. The van der Waals surface area contributed by atoms with Crippen molar-refractivity contribution >= 4 is 5.91 Å². The van der Waals surface area contributed by atoms with E-state index in [0.29, 0.717) is 5.69 Å². The molecule has 2 heterocycles. The molecule has 7 nitrogen and oxygen atoms in total. The first-order valence-electron chi connectivity index (χ1n) is 8.08. The summed E-state index contributed by atoms with van der Waals surface area (Å²) in [5, 5.41) is 6.13. The Kier molecular flexibility index (Phi) is 4.73. The maximum atomic E-state index is 12.5. The van der Waals surface area contributed by atoms with E-state index in [4.69, 9.17) is 0 Å². The number of hydrogen-bond donors (Lipinski definition) is 2. The Bertz CT molecular complexity index is 779. The molecular weight excluding hydrogens is 306 g/mol. The van der Waals surface area contributed by atoms with Gasteiger partial charge in [-0.15, -0.1) is 0 Å². The molecule has 1 amide bonds. The quantitative estimate of drug-likeness (QED) is 0.759. The van der Waals surface area contributed by atoms with E-state index in [9.17, 15) is 9.59 Å². The Morgan fingerprint density at radius 2 is 1.88 bits per heavy atom. The molecule has 1 aromatic carbocycles. The van der Waals surface area contributed by atoms with Gasteiger partial charge in [-0.1, -0.05) is 18.2 Å². The lowest BCUT2D eigenvalue weighted by molar-refractivity contribution is -0.884. The number of hydrogen-bond acceptors (Lipinski definition) is 4. The average Bonchev–Trinajstić information content (AvgIpc) is 2.58. The van der Waals surface area contributed by atoms with E-state index < -0.39 is 5.91 Å². The number of piperazine rings is 1. The van der Waals surface area contributed by atoms with E-state index in [-0.39, 0.29) is 11.1 Å². The minimum atomic E-state index is -0.454. The van der Waals surface area contributed by atoms with Gasteiger partial charge >= 0.3 is 0 Å². The molecule has 0 atom stereocenters. The van der Waals surface area contributed by atoms with Crippen LogP contribution in [0.3, 0.4) is 0 Å². The normalized spacial score (nSPS) is 16.1. The molecule has 0 spiro atoms. The molecule has 1 aromatic heterocycles. The number of aromatic nitrogens is 2. The Morgan fingerprint density at radius 1 is 1.21 bits per heavy atom. The molecule has 2 aromatic rings. The Hall–Kier alpha value is -2.51. The largest absolute Gasteiger partial charge is 0.335 e. The summed E-state index contributed by atoms with van der Waals surface area (Å²) in [7, 11) is 2.12. The average molecular weight is 328 g/mol. The molecule has 7 heteroatoms. The zero-order valence-corrected chi connectivity index (χ0v) is 14.0. The number of carbonyl (C=O) groups excluding carboxylic acids is 1. The zero-order valence-electron chi connectivity index (χ0n) is 14.0. The number of para-hydroxylation sites is 1. The third-order valence-electron chi connectivity index (χ3n) is 4.20. The predicted octanol–water partition coefficient (Wildman–Crippen LogP) is -0.984. The van der Waals surface area contributed by atoms with E-state index in [2.05, 4.69) is 17.6 Å². The second-order valence-corrected chi connectivity index (χ2v) is 6.13. The molecule has 0 unspecified atom stereocenters. The third-order valence-corrected chi connectivity index (χ3v) is 4.20. The van der Waals surface area contributed by atoms with Crippen LogP contribution >= 0.6 is 0 Å². The third kappa shape index (κ3) is 3.52. The first-order chi connectivity index (χ1) is 11.5. The zero-order chi connectivity index (χ0) is 17.1. The molecule has 1 aliphatic rings. The number of hydrazine groups is 1. The number of quaternary nitrogens is 1. The lowest BCUT2D eigenvalue weighted by atomic mass is 10.2. The van der Waals surface area contributed by atoms with Crippen molar-refractivity contribution in [3.8, 4) is 5.69 Å². The fraction of sp³-hybridized carbons (Fsp3) is 0.353. The van der Waals surface area contributed by atoms with Gasteiger partial charge in [0.2, 0.25) is 5.43 Å². The van der Waals surface area contributed by atoms with Crippen LogP contribution in [0.5, 0.6) is 0 Å². The molecule has 0 saturated carbocycles. The van der Waals surface area contributed by atoms with E-state index in [1.165, 1.54) is 11.0 Å². The number of benzene rings is 1. The highest BCUT2D eigenvalue weighted by atomic mass is 16.2. The van der Waals surface area contributed by atoms with Gasteiger partial charge in [0, 0.05) is 11.8 Å². The van der Waals surface area contributed by atoms with Crippen molar-refractivity contribution in [3.63, 3.8) is 0 Å². The highest BCUT2D eigenvalue weighted by Crippen LogP contribution is 2.07. The van der Waals surface area contributed by atoms with Gasteiger partial charge in [-0.3, -0.25) is 15.0 Å². The standard InChI is InChI=1S/C17H21N5O2/c1-13-12-15(23)16(18-22(13)14-6-4-3-5-7-14)17(24)19-21-10-8-20(2)9-11-21/h3-7,12H,8-11H2,1-2H3,(H,19,24)/p+1. The number of nitrogens with one attached hydrogen (secondary N) is 2. The Balaban J connectivity index is 1.85. The number of nitrogens with zero attached hydrogens (tertiary/aromatic N) is 3. The molecule has 24 heavy (non-hydrogen) atoms. The van der Waals surface area contributed by atoms with E-state index in [1.54, 1.807) is 11.6 Å². The van der Waals surface area contributed by atoms with Crippen LogP contribution in [-0.4, -0.2) is 53.9 Å². The van der Waals surface area contributed by atoms with E-state index in [1.807, 2.05) is 35.3 Å². The van der Waals surface area contributed by atoms with Crippen molar-refractivity contribution in [2.24, 2.45) is 0 Å². The summed E-state index contributed by atoms with van der Waals surface area (Å²) >= 11 is 0. The van der Waals surface area contributed by atoms with Gasteiger partial charge < -0.3 is 4.90 Å². The summed E-state index contributed by atoms with van der Waals surface area (Å²) in [6.45, 7) is 5.23. The fourth-order valence-corrected chi connectivity index (χ4v) is 2.73. The van der Waals surface area contributed by atoms with Crippen LogP contribution < -0.4 is 15.8 Å². The molecule has 1 aliphatic heterocycles. The van der Waals surface area contributed by atoms with Gasteiger partial charge in [0.05, 0.1) is 38.9 Å². The Labute approximate surface area is 140 Å². The molecule has 0 aliphatic carbocycles.